The fourth-order valence-corrected chi connectivity index (χ4v) is 2.73. The molecule has 2 aromatic carbocycles. The van der Waals surface area contributed by atoms with Crippen LogP contribution in [0.15, 0.2) is 42.5 Å². The number of carbonyl (C=O) groups is 1. The number of fused-ring (bicyclic) bond motifs is 1. The number of hydrogen-bond donors (Lipinski definition) is 1. The number of rotatable bonds is 3. The van der Waals surface area contributed by atoms with Crippen LogP contribution in [0, 0.1) is 5.82 Å². The van der Waals surface area contributed by atoms with Gasteiger partial charge in [0.05, 0.1) is 17.3 Å². The van der Waals surface area contributed by atoms with Crippen molar-refractivity contribution in [2.75, 3.05) is 12.4 Å². The second kappa shape index (κ2) is 5.49. The number of amides is 1. The SMILES string of the molecule is COc1cccc(C(=O)Nc2nc3cc(F)ccc3s2)c1. The van der Waals surface area contributed by atoms with Crippen molar-refractivity contribution in [3.63, 3.8) is 0 Å². The smallest absolute Gasteiger partial charge is 0.257 e. The molecule has 1 heterocycles. The first-order valence-corrected chi connectivity index (χ1v) is 6.99. The second-order valence-electron chi connectivity index (χ2n) is 4.32. The third kappa shape index (κ3) is 2.85. The van der Waals surface area contributed by atoms with E-state index in [0.717, 1.165) is 4.70 Å². The van der Waals surface area contributed by atoms with E-state index in [9.17, 15) is 9.18 Å². The summed E-state index contributed by atoms with van der Waals surface area (Å²) >= 11 is 1.30. The Labute approximate surface area is 124 Å². The van der Waals surface area contributed by atoms with E-state index in [4.69, 9.17) is 4.74 Å². The molecule has 106 valence electrons. The Hall–Kier alpha value is -2.47. The number of halogens is 1. The maximum Gasteiger partial charge on any atom is 0.257 e. The lowest BCUT2D eigenvalue weighted by molar-refractivity contribution is 0.102. The molecule has 0 saturated carbocycles. The summed E-state index contributed by atoms with van der Waals surface area (Å²) in [5.74, 6) is -0.0269. The van der Waals surface area contributed by atoms with E-state index in [0.29, 0.717) is 22.0 Å². The summed E-state index contributed by atoms with van der Waals surface area (Å²) in [5, 5.41) is 3.14. The minimum atomic E-state index is -0.349. The van der Waals surface area contributed by atoms with Crippen LogP contribution in [0.4, 0.5) is 9.52 Å². The summed E-state index contributed by atoms with van der Waals surface area (Å²) in [6, 6.07) is 11.2. The first kappa shape index (κ1) is 13.5. The van der Waals surface area contributed by atoms with Crippen molar-refractivity contribution in [1.29, 1.82) is 0 Å². The van der Waals surface area contributed by atoms with Crippen LogP contribution in [0.25, 0.3) is 10.2 Å². The van der Waals surface area contributed by atoms with E-state index < -0.39 is 0 Å². The summed E-state index contributed by atoms with van der Waals surface area (Å²) in [6.45, 7) is 0. The highest BCUT2D eigenvalue weighted by Crippen LogP contribution is 2.26. The zero-order valence-electron chi connectivity index (χ0n) is 11.1. The van der Waals surface area contributed by atoms with Gasteiger partial charge >= 0.3 is 0 Å². The number of hydrogen-bond acceptors (Lipinski definition) is 4. The van der Waals surface area contributed by atoms with E-state index in [2.05, 4.69) is 10.3 Å². The largest absolute Gasteiger partial charge is 0.497 e. The van der Waals surface area contributed by atoms with Crippen molar-refractivity contribution < 1.29 is 13.9 Å². The minimum Gasteiger partial charge on any atom is -0.497 e. The molecule has 0 fully saturated rings. The third-order valence-corrected chi connectivity index (χ3v) is 3.85. The molecule has 0 unspecified atom stereocenters. The molecule has 1 amide bonds. The van der Waals surface area contributed by atoms with E-state index in [1.54, 1.807) is 37.4 Å². The van der Waals surface area contributed by atoms with Crippen LogP contribution < -0.4 is 10.1 Å². The normalized spacial score (nSPS) is 10.6. The molecule has 0 saturated heterocycles. The monoisotopic (exact) mass is 302 g/mol. The number of ether oxygens (including phenoxy) is 1. The highest BCUT2D eigenvalue weighted by Gasteiger charge is 2.11. The molecule has 4 nitrogen and oxygen atoms in total. The van der Waals surface area contributed by atoms with Gasteiger partial charge in [0.15, 0.2) is 5.13 Å². The van der Waals surface area contributed by atoms with Crippen molar-refractivity contribution in [2.45, 2.75) is 0 Å². The Balaban J connectivity index is 1.85. The Kier molecular flexibility index (Phi) is 3.53. The van der Waals surface area contributed by atoms with Gasteiger partial charge < -0.3 is 4.74 Å². The van der Waals surface area contributed by atoms with E-state index in [1.807, 2.05) is 0 Å². The molecule has 3 rings (SSSR count). The predicted molar refractivity (Wildman–Crippen MR) is 80.5 cm³/mol. The van der Waals surface area contributed by atoms with Crippen molar-refractivity contribution >= 4 is 32.6 Å². The second-order valence-corrected chi connectivity index (χ2v) is 5.35. The lowest BCUT2D eigenvalue weighted by atomic mass is 10.2. The molecule has 0 aliphatic heterocycles. The average molecular weight is 302 g/mol. The minimum absolute atomic E-state index is 0.284. The van der Waals surface area contributed by atoms with Gasteiger partial charge in [0.1, 0.15) is 11.6 Å². The maximum absolute atomic E-state index is 13.1. The molecule has 3 aromatic rings. The highest BCUT2D eigenvalue weighted by molar-refractivity contribution is 7.22. The van der Waals surface area contributed by atoms with E-state index >= 15 is 0 Å². The molecule has 1 N–H and O–H groups in total. The van der Waals surface area contributed by atoms with Crippen LogP contribution in [0.1, 0.15) is 10.4 Å². The van der Waals surface area contributed by atoms with Crippen molar-refractivity contribution in [1.82, 2.24) is 4.98 Å². The molecule has 21 heavy (non-hydrogen) atoms. The molecule has 1 aromatic heterocycles. The first-order valence-electron chi connectivity index (χ1n) is 6.17. The molecule has 0 aliphatic rings. The molecule has 0 aliphatic carbocycles. The van der Waals surface area contributed by atoms with Crippen molar-refractivity contribution in [2.24, 2.45) is 0 Å². The zero-order chi connectivity index (χ0) is 14.8. The first-order chi connectivity index (χ1) is 10.2. The highest BCUT2D eigenvalue weighted by atomic mass is 32.1. The van der Waals surface area contributed by atoms with Crippen LogP contribution in [-0.2, 0) is 0 Å². The predicted octanol–water partition coefficient (Wildman–Crippen LogP) is 3.70. The summed E-state index contributed by atoms with van der Waals surface area (Å²) < 4.78 is 19.0. The lowest BCUT2D eigenvalue weighted by Gasteiger charge is -2.03. The number of thiazole rings is 1. The lowest BCUT2D eigenvalue weighted by Crippen LogP contribution is -2.11. The van der Waals surface area contributed by atoms with Gasteiger partial charge in [0.25, 0.3) is 5.91 Å². The van der Waals surface area contributed by atoms with E-state index in [-0.39, 0.29) is 11.7 Å². The topological polar surface area (TPSA) is 51.2 Å². The Morgan fingerprint density at radius 1 is 1.29 bits per heavy atom. The summed E-state index contributed by atoms with van der Waals surface area (Å²) in [6.07, 6.45) is 0. The molecular weight excluding hydrogens is 291 g/mol. The Morgan fingerprint density at radius 2 is 2.14 bits per heavy atom. The summed E-state index contributed by atoms with van der Waals surface area (Å²) in [5.41, 5.74) is 1.00. The molecule has 0 radical (unpaired) electrons. The number of nitrogens with zero attached hydrogens (tertiary/aromatic N) is 1. The number of methoxy groups -OCH3 is 1. The number of benzene rings is 2. The van der Waals surface area contributed by atoms with Gasteiger partial charge in [0.2, 0.25) is 0 Å². The molecule has 6 heteroatoms. The molecular formula is C15H11FN2O2S. The quantitative estimate of drug-likeness (QED) is 0.802. The molecule has 0 bridgehead atoms. The number of carbonyl (C=O) groups excluding carboxylic acids is 1. The van der Waals surface area contributed by atoms with Gasteiger partial charge in [-0.25, -0.2) is 9.37 Å². The van der Waals surface area contributed by atoms with E-state index in [1.165, 1.54) is 23.5 Å². The number of aromatic nitrogens is 1. The average Bonchev–Trinajstić information content (AvgIpc) is 2.88. The number of anilines is 1. The van der Waals surface area contributed by atoms with Crippen molar-refractivity contribution in [3.05, 3.63) is 53.8 Å². The van der Waals surface area contributed by atoms with Crippen LogP contribution in [0.2, 0.25) is 0 Å². The van der Waals surface area contributed by atoms with Crippen LogP contribution in [0.5, 0.6) is 5.75 Å². The standard InChI is InChI=1S/C15H11FN2O2S/c1-20-11-4-2-3-9(7-11)14(19)18-15-17-12-8-10(16)5-6-13(12)21-15/h2-8H,1H3,(H,17,18,19). The fourth-order valence-electron chi connectivity index (χ4n) is 1.89. The molecule has 0 atom stereocenters. The Morgan fingerprint density at radius 3 is 2.95 bits per heavy atom. The maximum atomic E-state index is 13.1. The van der Waals surface area contributed by atoms with Crippen molar-refractivity contribution in [3.8, 4) is 5.75 Å². The van der Waals surface area contributed by atoms with Gasteiger partial charge in [-0.2, -0.15) is 0 Å². The Bertz CT molecular complexity index is 816. The van der Waals surface area contributed by atoms with Gasteiger partial charge in [-0.15, -0.1) is 0 Å². The third-order valence-electron chi connectivity index (χ3n) is 2.90. The van der Waals surface area contributed by atoms with Crippen LogP contribution in [-0.4, -0.2) is 18.0 Å². The fraction of sp³-hybridized carbons (Fsp3) is 0.0667. The van der Waals surface area contributed by atoms with Gasteiger partial charge in [0, 0.05) is 11.6 Å². The molecule has 0 spiro atoms. The van der Waals surface area contributed by atoms with Gasteiger partial charge in [-0.05, 0) is 30.3 Å². The van der Waals surface area contributed by atoms with Crippen LogP contribution in [0.3, 0.4) is 0 Å². The summed E-state index contributed by atoms with van der Waals surface area (Å²) in [7, 11) is 1.54. The zero-order valence-corrected chi connectivity index (χ0v) is 11.9. The van der Waals surface area contributed by atoms with Gasteiger partial charge in [-0.3, -0.25) is 10.1 Å². The van der Waals surface area contributed by atoms with Crippen LogP contribution >= 0.6 is 11.3 Å². The number of nitrogens with one attached hydrogen (secondary N) is 1. The summed E-state index contributed by atoms with van der Waals surface area (Å²) in [4.78, 5) is 16.3. The van der Waals surface area contributed by atoms with Gasteiger partial charge in [-0.1, -0.05) is 17.4 Å².